The zero-order valence-electron chi connectivity index (χ0n) is 15.3. The average molecular weight is 352 g/mol. The first-order valence-electron chi connectivity index (χ1n) is 9.98. The van der Waals surface area contributed by atoms with Crippen molar-refractivity contribution in [3.63, 3.8) is 0 Å². The Balaban J connectivity index is 1.47. The van der Waals surface area contributed by atoms with Crippen LogP contribution < -0.4 is 5.32 Å². The van der Waals surface area contributed by atoms with Crippen molar-refractivity contribution < 1.29 is 0 Å². The SMILES string of the molecule is c1cnc(Nc2nccc(C3CCCCN3CC3CCCCC3)n2)cn1. The van der Waals surface area contributed by atoms with Crippen molar-refractivity contribution in [1.29, 1.82) is 0 Å². The Kier molecular flexibility index (Phi) is 5.69. The number of likely N-dealkylation sites (tertiary alicyclic amines) is 1. The van der Waals surface area contributed by atoms with Crippen LogP contribution in [0.5, 0.6) is 0 Å². The molecule has 1 N–H and O–H groups in total. The van der Waals surface area contributed by atoms with E-state index in [1.807, 2.05) is 6.20 Å². The predicted octanol–water partition coefficient (Wildman–Crippen LogP) is 4.12. The molecule has 4 rings (SSSR count). The molecule has 3 heterocycles. The lowest BCUT2D eigenvalue weighted by Crippen LogP contribution is -2.38. The molecule has 0 radical (unpaired) electrons. The molecule has 1 unspecified atom stereocenters. The fourth-order valence-electron chi connectivity index (χ4n) is 4.34. The second-order valence-corrected chi connectivity index (χ2v) is 7.53. The Hall–Kier alpha value is -2.08. The molecule has 26 heavy (non-hydrogen) atoms. The van der Waals surface area contributed by atoms with Gasteiger partial charge in [-0.15, -0.1) is 0 Å². The summed E-state index contributed by atoms with van der Waals surface area (Å²) in [7, 11) is 0. The lowest BCUT2D eigenvalue weighted by Gasteiger charge is -2.38. The number of nitrogens with one attached hydrogen (secondary N) is 1. The maximum Gasteiger partial charge on any atom is 0.228 e. The van der Waals surface area contributed by atoms with E-state index in [-0.39, 0.29) is 0 Å². The average Bonchev–Trinajstić information content (AvgIpc) is 2.70. The van der Waals surface area contributed by atoms with E-state index < -0.39 is 0 Å². The van der Waals surface area contributed by atoms with Crippen LogP contribution in [-0.2, 0) is 0 Å². The summed E-state index contributed by atoms with van der Waals surface area (Å²) < 4.78 is 0. The Bertz CT molecular complexity index is 686. The van der Waals surface area contributed by atoms with Gasteiger partial charge in [-0.05, 0) is 44.2 Å². The van der Waals surface area contributed by atoms with Gasteiger partial charge in [0.05, 0.1) is 17.9 Å². The van der Waals surface area contributed by atoms with Gasteiger partial charge in [-0.2, -0.15) is 0 Å². The van der Waals surface area contributed by atoms with Crippen LogP contribution in [0.4, 0.5) is 11.8 Å². The van der Waals surface area contributed by atoms with Gasteiger partial charge in [0.15, 0.2) is 5.82 Å². The van der Waals surface area contributed by atoms with Crippen molar-refractivity contribution in [1.82, 2.24) is 24.8 Å². The molecule has 2 aliphatic rings. The van der Waals surface area contributed by atoms with E-state index in [0.29, 0.717) is 17.8 Å². The number of anilines is 2. The van der Waals surface area contributed by atoms with Gasteiger partial charge >= 0.3 is 0 Å². The smallest absolute Gasteiger partial charge is 0.228 e. The summed E-state index contributed by atoms with van der Waals surface area (Å²) >= 11 is 0. The van der Waals surface area contributed by atoms with Gasteiger partial charge in [0.25, 0.3) is 0 Å². The number of nitrogens with zero attached hydrogens (tertiary/aromatic N) is 5. The molecule has 1 saturated heterocycles. The molecule has 2 aromatic heterocycles. The Morgan fingerprint density at radius 1 is 0.962 bits per heavy atom. The van der Waals surface area contributed by atoms with Gasteiger partial charge < -0.3 is 5.32 Å². The molecule has 2 aromatic rings. The van der Waals surface area contributed by atoms with Gasteiger partial charge in [0.1, 0.15) is 0 Å². The monoisotopic (exact) mass is 352 g/mol. The second kappa shape index (κ2) is 8.54. The van der Waals surface area contributed by atoms with Crippen molar-refractivity contribution in [3.8, 4) is 0 Å². The maximum absolute atomic E-state index is 4.80. The van der Waals surface area contributed by atoms with Crippen LogP contribution >= 0.6 is 0 Å². The van der Waals surface area contributed by atoms with Crippen LogP contribution in [-0.4, -0.2) is 37.9 Å². The molecule has 0 amide bonds. The third-order valence-corrected chi connectivity index (χ3v) is 5.65. The molecule has 1 aliphatic carbocycles. The molecule has 0 bridgehead atoms. The lowest BCUT2D eigenvalue weighted by atomic mass is 9.87. The first-order valence-corrected chi connectivity index (χ1v) is 9.98. The van der Waals surface area contributed by atoms with Gasteiger partial charge in [-0.3, -0.25) is 9.88 Å². The lowest BCUT2D eigenvalue weighted by molar-refractivity contribution is 0.110. The minimum absolute atomic E-state index is 0.413. The fraction of sp³-hybridized carbons (Fsp3) is 0.600. The third-order valence-electron chi connectivity index (χ3n) is 5.65. The van der Waals surface area contributed by atoms with Crippen molar-refractivity contribution >= 4 is 11.8 Å². The number of rotatable bonds is 5. The molecule has 6 nitrogen and oxygen atoms in total. The molecule has 6 heteroatoms. The number of aromatic nitrogens is 4. The zero-order chi connectivity index (χ0) is 17.6. The number of piperidine rings is 1. The first-order chi connectivity index (χ1) is 12.9. The zero-order valence-corrected chi connectivity index (χ0v) is 15.3. The maximum atomic E-state index is 4.80. The summed E-state index contributed by atoms with van der Waals surface area (Å²) in [4.78, 5) is 20.2. The van der Waals surface area contributed by atoms with Crippen molar-refractivity contribution in [2.75, 3.05) is 18.4 Å². The summed E-state index contributed by atoms with van der Waals surface area (Å²) in [5.74, 6) is 2.14. The van der Waals surface area contributed by atoms with E-state index in [1.54, 1.807) is 18.6 Å². The van der Waals surface area contributed by atoms with Crippen LogP contribution in [0.15, 0.2) is 30.9 Å². The number of hydrogen-bond donors (Lipinski definition) is 1. The van der Waals surface area contributed by atoms with E-state index in [2.05, 4.69) is 31.2 Å². The highest BCUT2D eigenvalue weighted by Crippen LogP contribution is 2.33. The molecule has 0 aromatic carbocycles. The normalized spacial score (nSPS) is 22.2. The quantitative estimate of drug-likeness (QED) is 0.873. The van der Waals surface area contributed by atoms with E-state index in [9.17, 15) is 0 Å². The molecule has 1 aliphatic heterocycles. The van der Waals surface area contributed by atoms with Gasteiger partial charge in [0.2, 0.25) is 5.95 Å². The third kappa shape index (κ3) is 4.36. The van der Waals surface area contributed by atoms with Gasteiger partial charge in [-0.25, -0.2) is 15.0 Å². The Morgan fingerprint density at radius 2 is 1.85 bits per heavy atom. The first kappa shape index (κ1) is 17.3. The molecule has 2 fully saturated rings. The summed E-state index contributed by atoms with van der Waals surface area (Å²) in [5, 5.41) is 3.17. The van der Waals surface area contributed by atoms with E-state index >= 15 is 0 Å². The summed E-state index contributed by atoms with van der Waals surface area (Å²) in [6.07, 6.45) is 17.7. The van der Waals surface area contributed by atoms with Crippen LogP contribution in [0.3, 0.4) is 0 Å². The van der Waals surface area contributed by atoms with E-state index in [4.69, 9.17) is 4.98 Å². The van der Waals surface area contributed by atoms with Crippen LogP contribution in [0.25, 0.3) is 0 Å². The summed E-state index contributed by atoms with van der Waals surface area (Å²) in [5.41, 5.74) is 1.13. The number of hydrogen-bond acceptors (Lipinski definition) is 6. The van der Waals surface area contributed by atoms with Crippen molar-refractivity contribution in [2.24, 2.45) is 5.92 Å². The standard InChI is InChI=1S/C20H28N6/c1-2-6-16(7-3-1)15-26-13-5-4-8-18(26)17-9-10-23-20(24-17)25-19-14-21-11-12-22-19/h9-12,14,16,18H,1-8,13,15H2,(H,22,23,24,25). The summed E-state index contributed by atoms with van der Waals surface area (Å²) in [6, 6.07) is 2.49. The molecule has 1 atom stereocenters. The van der Waals surface area contributed by atoms with Crippen molar-refractivity contribution in [2.45, 2.75) is 57.4 Å². The molecule has 1 saturated carbocycles. The largest absolute Gasteiger partial charge is 0.307 e. The van der Waals surface area contributed by atoms with Crippen LogP contribution in [0.1, 0.15) is 63.1 Å². The van der Waals surface area contributed by atoms with E-state index in [1.165, 1.54) is 64.5 Å². The van der Waals surface area contributed by atoms with Gasteiger partial charge in [-0.1, -0.05) is 25.7 Å². The Labute approximate surface area is 155 Å². The second-order valence-electron chi connectivity index (χ2n) is 7.53. The molecule has 138 valence electrons. The predicted molar refractivity (Wildman–Crippen MR) is 102 cm³/mol. The highest BCUT2D eigenvalue weighted by atomic mass is 15.2. The fourth-order valence-corrected chi connectivity index (χ4v) is 4.34. The topological polar surface area (TPSA) is 66.8 Å². The molecule has 0 spiro atoms. The van der Waals surface area contributed by atoms with Crippen LogP contribution in [0, 0.1) is 5.92 Å². The van der Waals surface area contributed by atoms with Crippen molar-refractivity contribution in [3.05, 3.63) is 36.5 Å². The van der Waals surface area contributed by atoms with Gasteiger partial charge in [0, 0.05) is 25.1 Å². The minimum Gasteiger partial charge on any atom is -0.307 e. The molecular weight excluding hydrogens is 324 g/mol. The molecular formula is C20H28N6. The van der Waals surface area contributed by atoms with Crippen LogP contribution in [0.2, 0.25) is 0 Å². The van der Waals surface area contributed by atoms with E-state index in [0.717, 1.165) is 11.6 Å². The summed E-state index contributed by atoms with van der Waals surface area (Å²) in [6.45, 7) is 2.42. The minimum atomic E-state index is 0.413. The Morgan fingerprint density at radius 3 is 2.69 bits per heavy atom. The highest BCUT2D eigenvalue weighted by molar-refractivity contribution is 5.45. The highest BCUT2D eigenvalue weighted by Gasteiger charge is 2.28.